The van der Waals surface area contributed by atoms with Crippen LogP contribution in [0.15, 0.2) is 42.7 Å². The van der Waals surface area contributed by atoms with Crippen LogP contribution >= 0.6 is 0 Å². The number of nitrogens with two attached hydrogens (primary N) is 1. The number of rotatable bonds is 4. The maximum Gasteiger partial charge on any atom is 0.123 e. The maximum absolute atomic E-state index is 6.02. The summed E-state index contributed by atoms with van der Waals surface area (Å²) in [5.74, 6) is 0.837. The first-order valence-corrected chi connectivity index (χ1v) is 7.48. The molecule has 1 aromatic heterocycles. The topological polar surface area (TPSA) is 51.4 Å². The summed E-state index contributed by atoms with van der Waals surface area (Å²) in [6, 6.07) is 10.5. The highest BCUT2D eigenvalue weighted by atomic mass is 16.5. The van der Waals surface area contributed by atoms with Gasteiger partial charge in [-0.3, -0.25) is 4.98 Å². The maximum atomic E-state index is 6.02. The zero-order valence-corrected chi connectivity index (χ0v) is 12.3. The molecule has 0 bridgehead atoms. The van der Waals surface area contributed by atoms with Crippen molar-refractivity contribution in [2.24, 2.45) is 0 Å². The predicted octanol–water partition coefficient (Wildman–Crippen LogP) is 3.40. The van der Waals surface area contributed by atoms with Gasteiger partial charge in [0.1, 0.15) is 5.75 Å². The van der Waals surface area contributed by atoms with Crippen LogP contribution in [0, 0.1) is 0 Å². The van der Waals surface area contributed by atoms with E-state index < -0.39 is 0 Å². The van der Waals surface area contributed by atoms with Gasteiger partial charge >= 0.3 is 0 Å². The quantitative estimate of drug-likeness (QED) is 0.874. The largest absolute Gasteiger partial charge is 0.494 e. The van der Waals surface area contributed by atoms with Crippen molar-refractivity contribution < 1.29 is 4.74 Å². The smallest absolute Gasteiger partial charge is 0.123 e. The fourth-order valence-electron chi connectivity index (χ4n) is 3.02. The van der Waals surface area contributed by atoms with E-state index in [-0.39, 0.29) is 0 Å². The molecule has 1 unspecified atom stereocenters. The minimum absolute atomic E-state index is 0.370. The van der Waals surface area contributed by atoms with E-state index >= 15 is 0 Å². The van der Waals surface area contributed by atoms with Gasteiger partial charge in [0.15, 0.2) is 0 Å². The number of nitrogen functional groups attached to an aromatic ring is 1. The second-order valence-corrected chi connectivity index (χ2v) is 5.33. The van der Waals surface area contributed by atoms with Gasteiger partial charge in [0.25, 0.3) is 0 Å². The van der Waals surface area contributed by atoms with Crippen LogP contribution < -0.4 is 15.4 Å². The van der Waals surface area contributed by atoms with Gasteiger partial charge in [-0.05, 0) is 37.5 Å². The highest BCUT2D eigenvalue weighted by Gasteiger charge is 2.26. The highest BCUT2D eigenvalue weighted by molar-refractivity contribution is 5.62. The summed E-state index contributed by atoms with van der Waals surface area (Å²) in [6.45, 7) is 3.67. The molecule has 4 nitrogen and oxygen atoms in total. The minimum atomic E-state index is 0.370. The first kappa shape index (κ1) is 13.7. The molecule has 1 aromatic carbocycles. The molecule has 1 atom stereocenters. The molecule has 4 heteroatoms. The van der Waals surface area contributed by atoms with E-state index in [0.29, 0.717) is 12.6 Å². The van der Waals surface area contributed by atoms with Crippen LogP contribution in [0.1, 0.15) is 31.4 Å². The Morgan fingerprint density at radius 2 is 2.29 bits per heavy atom. The molecule has 3 rings (SSSR count). The first-order valence-electron chi connectivity index (χ1n) is 7.48. The van der Waals surface area contributed by atoms with Gasteiger partial charge in [-0.25, -0.2) is 0 Å². The van der Waals surface area contributed by atoms with E-state index in [0.717, 1.165) is 30.1 Å². The molecule has 0 saturated carbocycles. The van der Waals surface area contributed by atoms with Crippen molar-refractivity contribution in [3.63, 3.8) is 0 Å². The van der Waals surface area contributed by atoms with Crippen LogP contribution in [0.5, 0.6) is 5.75 Å². The number of pyridine rings is 1. The molecule has 2 heterocycles. The van der Waals surface area contributed by atoms with E-state index in [1.54, 1.807) is 0 Å². The van der Waals surface area contributed by atoms with Crippen molar-refractivity contribution in [1.29, 1.82) is 0 Å². The minimum Gasteiger partial charge on any atom is -0.494 e. The van der Waals surface area contributed by atoms with Crippen LogP contribution in [0.2, 0.25) is 0 Å². The molecular formula is C17H21N3O. The standard InChI is InChI=1S/C17H21N3O/c1-2-21-16-10-14(18)9-15(11-16)20-8-4-6-17(20)13-5-3-7-19-12-13/h3,5,7,9-12,17H,2,4,6,8,18H2,1H3. The summed E-state index contributed by atoms with van der Waals surface area (Å²) in [5, 5.41) is 0. The van der Waals surface area contributed by atoms with E-state index in [4.69, 9.17) is 10.5 Å². The Morgan fingerprint density at radius 1 is 1.38 bits per heavy atom. The molecule has 0 aliphatic carbocycles. The van der Waals surface area contributed by atoms with Gasteiger partial charge in [0.05, 0.1) is 12.6 Å². The normalized spacial score (nSPS) is 18.0. The van der Waals surface area contributed by atoms with Crippen molar-refractivity contribution in [2.75, 3.05) is 23.8 Å². The molecule has 2 N–H and O–H groups in total. The van der Waals surface area contributed by atoms with Crippen LogP contribution in [0.4, 0.5) is 11.4 Å². The monoisotopic (exact) mass is 283 g/mol. The summed E-state index contributed by atoms with van der Waals surface area (Å²) < 4.78 is 5.61. The lowest BCUT2D eigenvalue weighted by molar-refractivity contribution is 0.340. The lowest BCUT2D eigenvalue weighted by atomic mass is 10.1. The summed E-state index contributed by atoms with van der Waals surface area (Å²) in [6.07, 6.45) is 6.10. The second kappa shape index (κ2) is 6.04. The van der Waals surface area contributed by atoms with E-state index in [2.05, 4.69) is 22.0 Å². The van der Waals surface area contributed by atoms with Gasteiger partial charge in [-0.1, -0.05) is 6.07 Å². The highest BCUT2D eigenvalue weighted by Crippen LogP contribution is 2.38. The summed E-state index contributed by atoms with van der Waals surface area (Å²) in [5.41, 5.74) is 9.15. The molecule has 21 heavy (non-hydrogen) atoms. The zero-order valence-electron chi connectivity index (χ0n) is 12.3. The lowest BCUT2D eigenvalue weighted by Crippen LogP contribution is -2.22. The number of hydrogen-bond acceptors (Lipinski definition) is 4. The third kappa shape index (κ3) is 2.94. The average molecular weight is 283 g/mol. The number of ether oxygens (including phenoxy) is 1. The van der Waals surface area contributed by atoms with E-state index in [9.17, 15) is 0 Å². The van der Waals surface area contributed by atoms with Crippen molar-refractivity contribution >= 4 is 11.4 Å². The molecule has 0 radical (unpaired) electrons. The van der Waals surface area contributed by atoms with Crippen LogP contribution in [-0.4, -0.2) is 18.1 Å². The van der Waals surface area contributed by atoms with Crippen LogP contribution in [0.3, 0.4) is 0 Å². The third-order valence-corrected chi connectivity index (χ3v) is 3.88. The molecule has 1 aliphatic heterocycles. The number of nitrogens with zero attached hydrogens (tertiary/aromatic N) is 2. The lowest BCUT2D eigenvalue weighted by Gasteiger charge is -2.27. The Labute approximate surface area is 125 Å². The predicted molar refractivity (Wildman–Crippen MR) is 85.6 cm³/mol. The first-order chi connectivity index (χ1) is 10.3. The van der Waals surface area contributed by atoms with Gasteiger partial charge in [-0.2, -0.15) is 0 Å². The average Bonchev–Trinajstić information content (AvgIpc) is 2.97. The van der Waals surface area contributed by atoms with E-state index in [1.807, 2.05) is 37.5 Å². The second-order valence-electron chi connectivity index (χ2n) is 5.33. The van der Waals surface area contributed by atoms with E-state index in [1.165, 1.54) is 12.0 Å². The third-order valence-electron chi connectivity index (χ3n) is 3.88. The van der Waals surface area contributed by atoms with Gasteiger partial charge in [0, 0.05) is 42.4 Å². The number of anilines is 2. The van der Waals surface area contributed by atoms with Crippen LogP contribution in [-0.2, 0) is 0 Å². The Balaban J connectivity index is 1.92. The molecule has 1 saturated heterocycles. The summed E-state index contributed by atoms with van der Waals surface area (Å²) in [7, 11) is 0. The molecule has 1 aliphatic rings. The molecule has 0 spiro atoms. The SMILES string of the molecule is CCOc1cc(N)cc(N2CCCC2c2cccnc2)c1. The molecule has 110 valence electrons. The number of benzene rings is 1. The number of aromatic nitrogens is 1. The van der Waals surface area contributed by atoms with Gasteiger partial charge in [-0.15, -0.1) is 0 Å². The molecular weight excluding hydrogens is 262 g/mol. The Morgan fingerprint density at radius 3 is 3.05 bits per heavy atom. The van der Waals surface area contributed by atoms with Crippen LogP contribution in [0.25, 0.3) is 0 Å². The Kier molecular flexibility index (Phi) is 3.95. The molecule has 2 aromatic rings. The van der Waals surface area contributed by atoms with Gasteiger partial charge in [0.2, 0.25) is 0 Å². The van der Waals surface area contributed by atoms with Gasteiger partial charge < -0.3 is 15.4 Å². The zero-order chi connectivity index (χ0) is 14.7. The van der Waals surface area contributed by atoms with Crippen molar-refractivity contribution in [3.05, 3.63) is 48.3 Å². The van der Waals surface area contributed by atoms with Crippen molar-refractivity contribution in [1.82, 2.24) is 4.98 Å². The Hall–Kier alpha value is -2.23. The van der Waals surface area contributed by atoms with Crippen molar-refractivity contribution in [2.45, 2.75) is 25.8 Å². The molecule has 1 fully saturated rings. The van der Waals surface area contributed by atoms with Crippen molar-refractivity contribution in [3.8, 4) is 5.75 Å². The summed E-state index contributed by atoms with van der Waals surface area (Å²) >= 11 is 0. The fourth-order valence-corrected chi connectivity index (χ4v) is 3.02. The fraction of sp³-hybridized carbons (Fsp3) is 0.353. The molecule has 0 amide bonds. The summed E-state index contributed by atoms with van der Waals surface area (Å²) in [4.78, 5) is 6.64. The number of hydrogen-bond donors (Lipinski definition) is 1. The Bertz CT molecular complexity index is 600.